The van der Waals surface area contributed by atoms with Gasteiger partial charge in [-0.15, -0.1) is 0 Å². The fourth-order valence-corrected chi connectivity index (χ4v) is 4.68. The molecule has 1 aromatic heterocycles. The SMILES string of the molecule is CCNC(c1cn[nH]n1)C1CCOC2(CCSC2)C1. The molecule has 6 heteroatoms. The highest BCUT2D eigenvalue weighted by Crippen LogP contribution is 2.43. The molecule has 2 fully saturated rings. The predicted molar refractivity (Wildman–Crippen MR) is 76.1 cm³/mol. The summed E-state index contributed by atoms with van der Waals surface area (Å²) in [4.78, 5) is 0. The number of hydrogen-bond acceptors (Lipinski definition) is 5. The summed E-state index contributed by atoms with van der Waals surface area (Å²) in [6.07, 6.45) is 5.30. The van der Waals surface area contributed by atoms with E-state index in [2.05, 4.69) is 27.7 Å². The summed E-state index contributed by atoms with van der Waals surface area (Å²) in [6.45, 7) is 3.98. The van der Waals surface area contributed by atoms with Gasteiger partial charge >= 0.3 is 0 Å². The van der Waals surface area contributed by atoms with Crippen molar-refractivity contribution in [3.05, 3.63) is 11.9 Å². The lowest BCUT2D eigenvalue weighted by atomic mass is 9.80. The van der Waals surface area contributed by atoms with Gasteiger partial charge in [0.1, 0.15) is 0 Å². The van der Waals surface area contributed by atoms with E-state index in [1.165, 1.54) is 12.2 Å². The van der Waals surface area contributed by atoms with E-state index in [0.29, 0.717) is 12.0 Å². The molecule has 0 aliphatic carbocycles. The van der Waals surface area contributed by atoms with E-state index in [9.17, 15) is 0 Å². The normalized spacial score (nSPS) is 32.8. The lowest BCUT2D eigenvalue weighted by Gasteiger charge is -2.40. The van der Waals surface area contributed by atoms with Gasteiger partial charge in [0.2, 0.25) is 0 Å². The standard InChI is InChI=1S/C13H22N4OS/c1-2-14-12(11-8-15-17-16-11)10-3-5-18-13(7-10)4-6-19-9-13/h8,10,12,14H,2-7,9H2,1H3,(H,15,16,17). The van der Waals surface area contributed by atoms with Gasteiger partial charge in [-0.05, 0) is 37.5 Å². The number of H-pyrrole nitrogens is 1. The molecule has 106 valence electrons. The van der Waals surface area contributed by atoms with E-state index in [-0.39, 0.29) is 5.60 Å². The maximum atomic E-state index is 6.11. The third-order valence-corrected chi connectivity index (χ3v) is 5.47. The molecule has 0 radical (unpaired) electrons. The van der Waals surface area contributed by atoms with Crippen molar-refractivity contribution in [3.63, 3.8) is 0 Å². The third-order valence-electron chi connectivity index (χ3n) is 4.25. The number of ether oxygens (including phenoxy) is 1. The van der Waals surface area contributed by atoms with Crippen molar-refractivity contribution in [2.75, 3.05) is 24.7 Å². The second kappa shape index (κ2) is 5.81. The summed E-state index contributed by atoms with van der Waals surface area (Å²) in [5.41, 5.74) is 1.17. The molecular formula is C13H22N4OS. The minimum absolute atomic E-state index is 0.130. The van der Waals surface area contributed by atoms with Crippen molar-refractivity contribution < 1.29 is 4.74 Å². The van der Waals surface area contributed by atoms with Gasteiger partial charge in [-0.2, -0.15) is 27.2 Å². The maximum Gasteiger partial charge on any atom is 0.0996 e. The van der Waals surface area contributed by atoms with Gasteiger partial charge in [0.05, 0.1) is 23.5 Å². The average Bonchev–Trinajstić information content (AvgIpc) is 3.08. The van der Waals surface area contributed by atoms with Crippen molar-refractivity contribution in [3.8, 4) is 0 Å². The number of nitrogens with one attached hydrogen (secondary N) is 2. The number of aromatic nitrogens is 3. The molecule has 3 heterocycles. The van der Waals surface area contributed by atoms with E-state index >= 15 is 0 Å². The second-order valence-corrected chi connectivity index (χ2v) is 6.62. The Balaban J connectivity index is 1.74. The largest absolute Gasteiger partial charge is 0.374 e. The minimum atomic E-state index is 0.130. The van der Waals surface area contributed by atoms with E-state index in [4.69, 9.17) is 4.74 Å². The number of nitrogens with zero attached hydrogens (tertiary/aromatic N) is 2. The molecule has 0 amide bonds. The number of hydrogen-bond donors (Lipinski definition) is 2. The van der Waals surface area contributed by atoms with Crippen LogP contribution in [0.15, 0.2) is 6.20 Å². The molecular weight excluding hydrogens is 260 g/mol. The van der Waals surface area contributed by atoms with Crippen LogP contribution in [0, 0.1) is 5.92 Å². The van der Waals surface area contributed by atoms with Gasteiger partial charge in [-0.3, -0.25) is 0 Å². The van der Waals surface area contributed by atoms with E-state index in [1.807, 2.05) is 18.0 Å². The summed E-state index contributed by atoms with van der Waals surface area (Å²) < 4.78 is 6.11. The fourth-order valence-electron chi connectivity index (χ4n) is 3.31. The van der Waals surface area contributed by atoms with Gasteiger partial charge in [-0.1, -0.05) is 6.92 Å². The lowest BCUT2D eigenvalue weighted by Crippen LogP contribution is -2.43. The summed E-state index contributed by atoms with van der Waals surface area (Å²) >= 11 is 2.02. The molecule has 0 aromatic carbocycles. The Labute approximate surface area is 118 Å². The van der Waals surface area contributed by atoms with Crippen molar-refractivity contribution >= 4 is 11.8 Å². The number of thioether (sulfide) groups is 1. The van der Waals surface area contributed by atoms with E-state index < -0.39 is 0 Å². The first-order valence-corrected chi connectivity index (χ1v) is 8.29. The summed E-state index contributed by atoms with van der Waals surface area (Å²) in [5.74, 6) is 2.99. The second-order valence-electron chi connectivity index (χ2n) is 5.52. The average molecular weight is 282 g/mol. The van der Waals surface area contributed by atoms with E-state index in [0.717, 1.165) is 37.4 Å². The van der Waals surface area contributed by atoms with Crippen LogP contribution < -0.4 is 5.32 Å². The Kier molecular flexibility index (Phi) is 4.10. The van der Waals surface area contributed by atoms with Crippen LogP contribution >= 0.6 is 11.8 Å². The van der Waals surface area contributed by atoms with Crippen LogP contribution in [-0.4, -0.2) is 45.7 Å². The zero-order valence-electron chi connectivity index (χ0n) is 11.4. The molecule has 3 unspecified atom stereocenters. The van der Waals surface area contributed by atoms with Gasteiger partial charge in [0.25, 0.3) is 0 Å². The molecule has 0 saturated carbocycles. The Morgan fingerprint density at radius 1 is 1.68 bits per heavy atom. The highest BCUT2D eigenvalue weighted by Gasteiger charge is 2.43. The first-order valence-electron chi connectivity index (χ1n) is 7.14. The molecule has 1 aromatic rings. The number of rotatable bonds is 4. The maximum absolute atomic E-state index is 6.11. The molecule has 1 spiro atoms. The van der Waals surface area contributed by atoms with Gasteiger partial charge < -0.3 is 10.1 Å². The fraction of sp³-hybridized carbons (Fsp3) is 0.846. The summed E-state index contributed by atoms with van der Waals surface area (Å²) in [5, 5.41) is 14.5. The molecule has 0 bridgehead atoms. The van der Waals surface area contributed by atoms with Gasteiger partial charge in [-0.25, -0.2) is 0 Å². The first-order chi connectivity index (χ1) is 9.33. The Bertz CT molecular complexity index is 391. The van der Waals surface area contributed by atoms with Crippen molar-refractivity contribution in [2.45, 2.75) is 37.8 Å². The topological polar surface area (TPSA) is 62.8 Å². The Morgan fingerprint density at radius 2 is 2.63 bits per heavy atom. The van der Waals surface area contributed by atoms with Crippen LogP contribution in [0.25, 0.3) is 0 Å². The van der Waals surface area contributed by atoms with Crippen LogP contribution in [-0.2, 0) is 4.74 Å². The highest BCUT2D eigenvalue weighted by atomic mass is 32.2. The number of aromatic amines is 1. The van der Waals surface area contributed by atoms with Gasteiger partial charge in [0, 0.05) is 12.4 Å². The van der Waals surface area contributed by atoms with Crippen LogP contribution in [0.3, 0.4) is 0 Å². The summed E-state index contributed by atoms with van der Waals surface area (Å²) in [6, 6.07) is 0.301. The smallest absolute Gasteiger partial charge is 0.0996 e. The van der Waals surface area contributed by atoms with Gasteiger partial charge in [0.15, 0.2) is 0 Å². The third kappa shape index (κ3) is 2.80. The zero-order valence-corrected chi connectivity index (χ0v) is 12.2. The monoisotopic (exact) mass is 282 g/mol. The van der Waals surface area contributed by atoms with Crippen LogP contribution in [0.4, 0.5) is 0 Å². The predicted octanol–water partition coefficient (Wildman–Crippen LogP) is 1.76. The Morgan fingerprint density at radius 3 is 3.32 bits per heavy atom. The molecule has 2 saturated heterocycles. The van der Waals surface area contributed by atoms with Crippen molar-refractivity contribution in [2.24, 2.45) is 5.92 Å². The van der Waals surface area contributed by atoms with Crippen LogP contribution in [0.2, 0.25) is 0 Å². The molecule has 2 aliphatic heterocycles. The van der Waals surface area contributed by atoms with Crippen LogP contribution in [0.5, 0.6) is 0 Å². The van der Waals surface area contributed by atoms with E-state index in [1.54, 1.807) is 0 Å². The quantitative estimate of drug-likeness (QED) is 0.881. The van der Waals surface area contributed by atoms with Crippen molar-refractivity contribution in [1.29, 1.82) is 0 Å². The lowest BCUT2D eigenvalue weighted by molar-refractivity contribution is -0.0855. The molecule has 2 N–H and O–H groups in total. The molecule has 5 nitrogen and oxygen atoms in total. The van der Waals surface area contributed by atoms with Crippen molar-refractivity contribution in [1.82, 2.24) is 20.7 Å². The highest BCUT2D eigenvalue weighted by molar-refractivity contribution is 7.99. The minimum Gasteiger partial charge on any atom is -0.374 e. The molecule has 3 atom stereocenters. The molecule has 3 rings (SSSR count). The molecule has 19 heavy (non-hydrogen) atoms. The zero-order chi connectivity index (χ0) is 13.1. The Hall–Kier alpha value is -0.590. The first kappa shape index (κ1) is 13.4. The molecule has 2 aliphatic rings. The summed E-state index contributed by atoms with van der Waals surface area (Å²) in [7, 11) is 0. The van der Waals surface area contributed by atoms with Crippen LogP contribution in [0.1, 0.15) is 37.9 Å².